The predicted molar refractivity (Wildman–Crippen MR) is 62.3 cm³/mol. The molecule has 0 aromatic carbocycles. The Morgan fingerprint density at radius 2 is 2.00 bits per heavy atom. The van der Waals surface area contributed by atoms with E-state index in [1.54, 1.807) is 6.92 Å². The maximum Gasteiger partial charge on any atom is 0.401 e. The molecule has 0 spiro atoms. The number of alkyl halides is 3. The molecule has 4 nitrogen and oxygen atoms in total. The molecular weight excluding hydrogens is 249 g/mol. The first-order valence-electron chi connectivity index (χ1n) is 5.95. The molecule has 0 aliphatic carbocycles. The summed E-state index contributed by atoms with van der Waals surface area (Å²) in [6.07, 6.45) is -3.92. The fourth-order valence-electron chi connectivity index (χ4n) is 1.53. The van der Waals surface area contributed by atoms with Crippen molar-refractivity contribution in [2.24, 2.45) is 0 Å². The van der Waals surface area contributed by atoms with Crippen molar-refractivity contribution in [1.82, 2.24) is 10.2 Å². The van der Waals surface area contributed by atoms with Crippen LogP contribution in [0.15, 0.2) is 0 Å². The lowest BCUT2D eigenvalue weighted by Crippen LogP contribution is -2.41. The summed E-state index contributed by atoms with van der Waals surface area (Å²) in [4.78, 5) is 12.6. The molecule has 1 N–H and O–H groups in total. The Morgan fingerprint density at radius 1 is 1.39 bits per heavy atom. The number of carbonyl (C=O) groups is 1. The van der Waals surface area contributed by atoms with E-state index < -0.39 is 24.7 Å². The summed E-state index contributed by atoms with van der Waals surface area (Å²) in [6.45, 7) is 3.54. The molecule has 0 rings (SSSR count). The molecule has 7 heteroatoms. The van der Waals surface area contributed by atoms with Crippen LogP contribution in [0.2, 0.25) is 0 Å². The van der Waals surface area contributed by atoms with Crippen molar-refractivity contribution in [3.8, 4) is 0 Å². The Labute approximate surface area is 105 Å². The number of likely N-dealkylation sites (N-methyl/N-ethyl adjacent to an activating group) is 1. The highest BCUT2D eigenvalue weighted by Crippen LogP contribution is 2.15. The number of hydrogen-bond donors (Lipinski definition) is 1. The van der Waals surface area contributed by atoms with E-state index in [4.69, 9.17) is 4.74 Å². The van der Waals surface area contributed by atoms with Gasteiger partial charge >= 0.3 is 12.1 Å². The van der Waals surface area contributed by atoms with Gasteiger partial charge in [-0.05, 0) is 26.9 Å². The van der Waals surface area contributed by atoms with Gasteiger partial charge in [-0.2, -0.15) is 13.2 Å². The number of nitrogens with zero attached hydrogens (tertiary/aromatic N) is 1. The molecule has 0 heterocycles. The van der Waals surface area contributed by atoms with Gasteiger partial charge in [-0.25, -0.2) is 0 Å². The monoisotopic (exact) mass is 270 g/mol. The number of rotatable bonds is 8. The molecule has 0 fully saturated rings. The minimum absolute atomic E-state index is 0.177. The Bertz CT molecular complexity index is 247. The van der Waals surface area contributed by atoms with Gasteiger partial charge in [-0.1, -0.05) is 6.92 Å². The number of carbonyl (C=O) groups excluding carboxylic acids is 1. The summed E-state index contributed by atoms with van der Waals surface area (Å²) in [5.74, 6) is -0.417. The quantitative estimate of drug-likeness (QED) is 0.677. The summed E-state index contributed by atoms with van der Waals surface area (Å²) in [6, 6.07) is -0.550. The largest absolute Gasteiger partial charge is 0.465 e. The van der Waals surface area contributed by atoms with Gasteiger partial charge in [-0.15, -0.1) is 0 Å². The molecule has 0 aliphatic heterocycles. The van der Waals surface area contributed by atoms with Gasteiger partial charge in [0.05, 0.1) is 13.2 Å². The first-order chi connectivity index (χ1) is 8.30. The molecular formula is C11H21F3N2O2. The molecule has 108 valence electrons. The number of ether oxygens (including phenoxy) is 1. The fraction of sp³-hybridized carbons (Fsp3) is 0.909. The van der Waals surface area contributed by atoms with Crippen LogP contribution in [0.25, 0.3) is 0 Å². The summed E-state index contributed by atoms with van der Waals surface area (Å²) in [5, 5.41) is 2.90. The molecule has 0 bridgehead atoms. The van der Waals surface area contributed by atoms with Crippen LogP contribution < -0.4 is 5.32 Å². The van der Waals surface area contributed by atoms with Crippen molar-refractivity contribution in [1.29, 1.82) is 0 Å². The van der Waals surface area contributed by atoms with Crippen LogP contribution in [0.1, 0.15) is 20.3 Å². The normalized spacial score (nSPS) is 13.7. The van der Waals surface area contributed by atoms with E-state index in [-0.39, 0.29) is 13.2 Å². The van der Waals surface area contributed by atoms with Crippen molar-refractivity contribution in [2.45, 2.75) is 32.5 Å². The Kier molecular flexibility index (Phi) is 7.93. The smallest absolute Gasteiger partial charge is 0.401 e. The van der Waals surface area contributed by atoms with E-state index in [1.165, 1.54) is 7.05 Å². The zero-order valence-corrected chi connectivity index (χ0v) is 11.0. The fourth-order valence-corrected chi connectivity index (χ4v) is 1.53. The third-order valence-corrected chi connectivity index (χ3v) is 2.27. The average Bonchev–Trinajstić information content (AvgIpc) is 2.21. The van der Waals surface area contributed by atoms with Gasteiger partial charge < -0.3 is 10.1 Å². The molecule has 0 saturated carbocycles. The van der Waals surface area contributed by atoms with Crippen LogP contribution in [0, 0.1) is 0 Å². The van der Waals surface area contributed by atoms with E-state index in [1.807, 2.05) is 6.92 Å². The van der Waals surface area contributed by atoms with Crippen LogP contribution in [0.5, 0.6) is 0 Å². The molecule has 0 aliphatic rings. The summed E-state index contributed by atoms with van der Waals surface area (Å²) >= 11 is 0. The van der Waals surface area contributed by atoms with Crippen molar-refractivity contribution in [3.63, 3.8) is 0 Å². The van der Waals surface area contributed by atoms with Gasteiger partial charge in [0.1, 0.15) is 6.04 Å². The minimum atomic E-state index is -4.22. The van der Waals surface area contributed by atoms with E-state index in [9.17, 15) is 18.0 Å². The first kappa shape index (κ1) is 17.2. The lowest BCUT2D eigenvalue weighted by Gasteiger charge is -2.22. The highest BCUT2D eigenvalue weighted by molar-refractivity contribution is 5.75. The molecule has 1 unspecified atom stereocenters. The third kappa shape index (κ3) is 8.30. The standard InChI is InChI=1S/C11H21F3N2O2/c1-4-15-9(10(17)18-5-2)6-7-16(3)8-11(12,13)14/h9,15H,4-8H2,1-3H3. The molecule has 0 aromatic rings. The van der Waals surface area contributed by atoms with E-state index in [0.717, 1.165) is 4.90 Å². The Hall–Kier alpha value is -0.820. The third-order valence-electron chi connectivity index (χ3n) is 2.27. The topological polar surface area (TPSA) is 41.6 Å². The second-order valence-electron chi connectivity index (χ2n) is 4.00. The van der Waals surface area contributed by atoms with Gasteiger partial charge in [0.15, 0.2) is 0 Å². The summed E-state index contributed by atoms with van der Waals surface area (Å²) in [7, 11) is 1.38. The highest BCUT2D eigenvalue weighted by Gasteiger charge is 2.29. The first-order valence-corrected chi connectivity index (χ1v) is 5.95. The van der Waals surface area contributed by atoms with Crippen molar-refractivity contribution >= 4 is 5.97 Å². The molecule has 0 radical (unpaired) electrons. The zero-order valence-electron chi connectivity index (χ0n) is 11.0. The lowest BCUT2D eigenvalue weighted by molar-refractivity contribution is -0.147. The predicted octanol–water partition coefficient (Wildman–Crippen LogP) is 1.41. The lowest BCUT2D eigenvalue weighted by atomic mass is 10.2. The van der Waals surface area contributed by atoms with Gasteiger partial charge in [0, 0.05) is 6.54 Å². The van der Waals surface area contributed by atoms with Crippen LogP contribution >= 0.6 is 0 Å². The van der Waals surface area contributed by atoms with Crippen molar-refractivity contribution in [3.05, 3.63) is 0 Å². The van der Waals surface area contributed by atoms with Crippen LogP contribution in [-0.2, 0) is 9.53 Å². The van der Waals surface area contributed by atoms with Crippen LogP contribution in [0.3, 0.4) is 0 Å². The van der Waals surface area contributed by atoms with E-state index >= 15 is 0 Å². The molecule has 0 aromatic heterocycles. The maximum atomic E-state index is 12.1. The Balaban J connectivity index is 4.14. The number of esters is 1. The van der Waals surface area contributed by atoms with Crippen LogP contribution in [-0.4, -0.2) is 56.4 Å². The highest BCUT2D eigenvalue weighted by atomic mass is 19.4. The number of halogens is 3. The minimum Gasteiger partial charge on any atom is -0.465 e. The second-order valence-corrected chi connectivity index (χ2v) is 4.00. The molecule has 18 heavy (non-hydrogen) atoms. The Morgan fingerprint density at radius 3 is 2.44 bits per heavy atom. The van der Waals surface area contributed by atoms with Gasteiger partial charge in [0.2, 0.25) is 0 Å². The van der Waals surface area contributed by atoms with Gasteiger partial charge in [0.25, 0.3) is 0 Å². The van der Waals surface area contributed by atoms with E-state index in [0.29, 0.717) is 13.0 Å². The maximum absolute atomic E-state index is 12.1. The SMILES string of the molecule is CCNC(CCN(C)CC(F)(F)F)C(=O)OCC. The van der Waals surface area contributed by atoms with Crippen LogP contribution in [0.4, 0.5) is 13.2 Å². The molecule has 0 amide bonds. The number of hydrogen-bond acceptors (Lipinski definition) is 4. The second kappa shape index (κ2) is 8.31. The molecule has 0 saturated heterocycles. The molecule has 1 atom stereocenters. The van der Waals surface area contributed by atoms with Crippen molar-refractivity contribution in [2.75, 3.05) is 33.3 Å². The average molecular weight is 270 g/mol. The number of nitrogens with one attached hydrogen (secondary N) is 1. The zero-order chi connectivity index (χ0) is 14.2. The van der Waals surface area contributed by atoms with Gasteiger partial charge in [-0.3, -0.25) is 9.69 Å². The van der Waals surface area contributed by atoms with E-state index in [2.05, 4.69) is 5.32 Å². The summed E-state index contributed by atoms with van der Waals surface area (Å²) in [5.41, 5.74) is 0. The van der Waals surface area contributed by atoms with Crippen molar-refractivity contribution < 1.29 is 22.7 Å². The summed E-state index contributed by atoms with van der Waals surface area (Å²) < 4.78 is 41.2.